The van der Waals surface area contributed by atoms with E-state index in [1.54, 1.807) is 6.21 Å². The fraction of sp³-hybridized carbons (Fsp3) is 0.0976. The van der Waals surface area contributed by atoms with Gasteiger partial charge in [0, 0.05) is 22.8 Å². The Kier molecular flexibility index (Phi) is 7.77. The van der Waals surface area contributed by atoms with Crippen LogP contribution >= 0.6 is 0 Å². The molecule has 6 rings (SSSR count). The van der Waals surface area contributed by atoms with Gasteiger partial charge in [-0.05, 0) is 52.1 Å². The number of hydrogen-bond acceptors (Lipinski definition) is 2. The number of hydrogen-bond donors (Lipinski definition) is 1. The minimum Gasteiger partial charge on any atom is -0.507 e. The van der Waals surface area contributed by atoms with Gasteiger partial charge in [0.1, 0.15) is 5.75 Å². The molecule has 2 heteroatoms. The molecule has 0 aliphatic rings. The molecule has 6 aromatic carbocycles. The average molecular weight is 558 g/mol. The zero-order valence-corrected chi connectivity index (χ0v) is 24.6. The van der Waals surface area contributed by atoms with Gasteiger partial charge in [-0.3, -0.25) is 4.99 Å². The number of para-hydroxylation sites is 1. The Hall–Kier alpha value is -5.21. The maximum atomic E-state index is 12.0. The number of phenolic OH excluding ortho intramolecular Hbond substituents is 1. The van der Waals surface area contributed by atoms with Crippen LogP contribution in [0.4, 0.5) is 5.69 Å². The molecule has 0 aliphatic heterocycles. The van der Waals surface area contributed by atoms with E-state index in [2.05, 4.69) is 141 Å². The lowest BCUT2D eigenvalue weighted by Gasteiger charge is -2.38. The molecule has 0 fully saturated rings. The van der Waals surface area contributed by atoms with Crippen molar-refractivity contribution in [1.29, 1.82) is 0 Å². The van der Waals surface area contributed by atoms with Gasteiger partial charge in [0.2, 0.25) is 0 Å². The lowest BCUT2D eigenvalue weighted by atomic mass is 9.63. The van der Waals surface area contributed by atoms with Crippen molar-refractivity contribution in [3.05, 3.63) is 203 Å². The molecule has 0 aliphatic carbocycles. The number of nitrogens with zero attached hydrogens (tertiary/aromatic N) is 1. The van der Waals surface area contributed by atoms with Crippen LogP contribution in [0.2, 0.25) is 0 Å². The topological polar surface area (TPSA) is 32.6 Å². The van der Waals surface area contributed by atoms with E-state index in [-0.39, 0.29) is 5.75 Å². The summed E-state index contributed by atoms with van der Waals surface area (Å²) in [6, 6.07) is 56.5. The number of benzene rings is 6. The highest BCUT2D eigenvalue weighted by atomic mass is 16.3. The van der Waals surface area contributed by atoms with Crippen molar-refractivity contribution in [1.82, 2.24) is 0 Å². The summed E-state index contributed by atoms with van der Waals surface area (Å²) >= 11 is 0. The van der Waals surface area contributed by atoms with E-state index in [0.29, 0.717) is 5.56 Å². The Morgan fingerprint density at radius 1 is 0.488 bits per heavy atom. The number of rotatable bonds is 8. The summed E-state index contributed by atoms with van der Waals surface area (Å²) in [4.78, 5) is 4.79. The molecule has 0 unspecified atom stereocenters. The number of aromatic hydroxyl groups is 1. The van der Waals surface area contributed by atoms with E-state index in [0.717, 1.165) is 39.1 Å². The molecular formula is C41H35NO. The highest BCUT2D eigenvalue weighted by molar-refractivity contribution is 5.87. The first-order chi connectivity index (χ1) is 21.0. The third kappa shape index (κ3) is 5.29. The second-order valence-electron chi connectivity index (χ2n) is 11.4. The van der Waals surface area contributed by atoms with Gasteiger partial charge in [0.25, 0.3) is 0 Å². The van der Waals surface area contributed by atoms with Crippen molar-refractivity contribution >= 4 is 11.9 Å². The van der Waals surface area contributed by atoms with Crippen molar-refractivity contribution in [2.75, 3.05) is 0 Å². The standard InChI is InChI=1S/C41H35NO/c1-40(2,32-18-8-3-9-19-32)38-29-36(28-31(39(38)43)30-42-37-26-16-7-17-27-37)41(33-20-10-4-11-21-33,34-22-12-5-13-23-34)35-24-14-6-15-25-35/h3-30,43H,1-2H3. The first-order valence-electron chi connectivity index (χ1n) is 14.7. The van der Waals surface area contributed by atoms with Gasteiger partial charge in [0.15, 0.2) is 0 Å². The third-order valence-corrected chi connectivity index (χ3v) is 8.47. The van der Waals surface area contributed by atoms with Crippen molar-refractivity contribution < 1.29 is 5.11 Å². The smallest absolute Gasteiger partial charge is 0.128 e. The summed E-state index contributed by atoms with van der Waals surface area (Å²) in [6.07, 6.45) is 1.80. The third-order valence-electron chi connectivity index (χ3n) is 8.47. The van der Waals surface area contributed by atoms with Gasteiger partial charge >= 0.3 is 0 Å². The molecule has 0 radical (unpaired) electrons. The molecule has 2 nitrogen and oxygen atoms in total. The molecule has 1 N–H and O–H groups in total. The van der Waals surface area contributed by atoms with Crippen LogP contribution < -0.4 is 0 Å². The van der Waals surface area contributed by atoms with Crippen LogP contribution in [0.3, 0.4) is 0 Å². The van der Waals surface area contributed by atoms with E-state index in [9.17, 15) is 5.11 Å². The zero-order chi connectivity index (χ0) is 29.7. The maximum Gasteiger partial charge on any atom is 0.128 e. The first kappa shape index (κ1) is 27.9. The SMILES string of the molecule is CC(C)(c1ccccc1)c1cc(C(c2ccccc2)(c2ccccc2)c2ccccc2)cc(C=Nc2ccccc2)c1O. The predicted octanol–water partition coefficient (Wildman–Crippen LogP) is 9.85. The van der Waals surface area contributed by atoms with E-state index in [1.807, 2.05) is 36.4 Å². The van der Waals surface area contributed by atoms with Crippen molar-refractivity contribution in [3.63, 3.8) is 0 Å². The maximum absolute atomic E-state index is 12.0. The van der Waals surface area contributed by atoms with Gasteiger partial charge in [-0.1, -0.05) is 153 Å². The Balaban J connectivity index is 1.72. The van der Waals surface area contributed by atoms with Crippen molar-refractivity contribution in [2.45, 2.75) is 24.7 Å². The Labute approximate surface area is 254 Å². The largest absolute Gasteiger partial charge is 0.507 e. The van der Waals surface area contributed by atoms with Gasteiger partial charge in [-0.15, -0.1) is 0 Å². The predicted molar refractivity (Wildman–Crippen MR) is 179 cm³/mol. The van der Waals surface area contributed by atoms with Gasteiger partial charge in [-0.25, -0.2) is 0 Å². The van der Waals surface area contributed by atoms with E-state index in [4.69, 9.17) is 4.99 Å². The number of phenols is 1. The second-order valence-corrected chi connectivity index (χ2v) is 11.4. The summed E-state index contributed by atoms with van der Waals surface area (Å²) in [7, 11) is 0. The summed E-state index contributed by atoms with van der Waals surface area (Å²) in [5.74, 6) is 0.236. The highest BCUT2D eigenvalue weighted by Crippen LogP contribution is 2.48. The van der Waals surface area contributed by atoms with Crippen LogP contribution in [-0.4, -0.2) is 11.3 Å². The summed E-state index contributed by atoms with van der Waals surface area (Å²) < 4.78 is 0. The quantitative estimate of drug-likeness (QED) is 0.147. The summed E-state index contributed by atoms with van der Waals surface area (Å²) in [5.41, 5.74) is 6.82. The molecule has 0 spiro atoms. The van der Waals surface area contributed by atoms with Gasteiger partial charge < -0.3 is 5.11 Å². The molecule has 0 amide bonds. The Morgan fingerprint density at radius 3 is 1.33 bits per heavy atom. The number of aliphatic imine (C=N–C) groups is 1. The van der Waals surface area contributed by atoms with Crippen LogP contribution in [0.1, 0.15) is 52.8 Å². The molecule has 0 atom stereocenters. The summed E-state index contributed by atoms with van der Waals surface area (Å²) in [6.45, 7) is 4.35. The first-order valence-corrected chi connectivity index (χ1v) is 14.7. The minimum absolute atomic E-state index is 0.236. The fourth-order valence-electron chi connectivity index (χ4n) is 6.18. The van der Waals surface area contributed by atoms with Crippen LogP contribution in [0.15, 0.2) is 169 Å². The van der Waals surface area contributed by atoms with E-state index in [1.165, 1.54) is 0 Å². The summed E-state index contributed by atoms with van der Waals surface area (Å²) in [5, 5.41) is 12.0. The van der Waals surface area contributed by atoms with Crippen molar-refractivity contribution in [3.8, 4) is 5.75 Å². The molecule has 0 heterocycles. The molecule has 0 saturated carbocycles. The van der Waals surface area contributed by atoms with Crippen LogP contribution in [0, 0.1) is 0 Å². The fourth-order valence-corrected chi connectivity index (χ4v) is 6.18. The molecule has 210 valence electrons. The lowest BCUT2D eigenvalue weighted by molar-refractivity contribution is 0.451. The highest BCUT2D eigenvalue weighted by Gasteiger charge is 2.40. The lowest BCUT2D eigenvalue weighted by Crippen LogP contribution is -2.32. The molecule has 43 heavy (non-hydrogen) atoms. The Morgan fingerprint density at radius 2 is 0.884 bits per heavy atom. The second kappa shape index (κ2) is 12.0. The zero-order valence-electron chi connectivity index (χ0n) is 24.6. The van der Waals surface area contributed by atoms with Crippen LogP contribution in [0.5, 0.6) is 5.75 Å². The van der Waals surface area contributed by atoms with Crippen molar-refractivity contribution in [2.24, 2.45) is 4.99 Å². The van der Waals surface area contributed by atoms with Crippen LogP contribution in [0.25, 0.3) is 0 Å². The molecular weight excluding hydrogens is 522 g/mol. The molecule has 0 bridgehead atoms. The van der Waals surface area contributed by atoms with E-state index < -0.39 is 10.8 Å². The monoisotopic (exact) mass is 557 g/mol. The normalized spacial score (nSPS) is 12.0. The van der Waals surface area contributed by atoms with E-state index >= 15 is 0 Å². The van der Waals surface area contributed by atoms with Crippen LogP contribution in [-0.2, 0) is 10.8 Å². The Bertz CT molecular complexity index is 1710. The molecule has 0 saturated heterocycles. The molecule has 6 aromatic rings. The van der Waals surface area contributed by atoms with Gasteiger partial charge in [-0.2, -0.15) is 0 Å². The minimum atomic E-state index is -0.658. The average Bonchev–Trinajstić information content (AvgIpc) is 3.07. The van der Waals surface area contributed by atoms with Gasteiger partial charge in [0.05, 0.1) is 11.1 Å². The molecule has 0 aromatic heterocycles.